The molecule has 3 rings (SSSR count). The largest absolute Gasteiger partial charge is 0.462 e. The minimum absolute atomic E-state index is 0.0678. The van der Waals surface area contributed by atoms with Crippen molar-refractivity contribution in [2.24, 2.45) is 17.3 Å². The zero-order valence-corrected chi connectivity index (χ0v) is 20.8. The minimum atomic E-state index is -6.09. The third kappa shape index (κ3) is 5.78. The normalized spacial score (nSPS) is 34.5. The average Bonchev–Trinajstić information content (AvgIpc) is 3.11. The molecule has 0 amide bonds. The van der Waals surface area contributed by atoms with Crippen LogP contribution >= 0.6 is 0 Å². The Kier molecular flexibility index (Phi) is 8.33. The average molecular weight is 541 g/mol. The van der Waals surface area contributed by atoms with Crippen LogP contribution in [0.1, 0.15) is 65.2 Å². The third-order valence-corrected chi connectivity index (χ3v) is 8.52. The fourth-order valence-electron chi connectivity index (χ4n) is 6.42. The number of alkyl halides is 6. The van der Waals surface area contributed by atoms with E-state index in [4.69, 9.17) is 4.74 Å². The van der Waals surface area contributed by atoms with Crippen LogP contribution in [0.15, 0.2) is 35.5 Å². The van der Waals surface area contributed by atoms with E-state index in [0.717, 1.165) is 30.4 Å². The number of hydrogen-bond donors (Lipinski definition) is 3. The summed E-state index contributed by atoms with van der Waals surface area (Å²) in [5.41, 5.74) is -3.15. The van der Waals surface area contributed by atoms with Crippen LogP contribution < -0.4 is 0 Å². The van der Waals surface area contributed by atoms with Gasteiger partial charge in [-0.3, -0.25) is 4.79 Å². The lowest BCUT2D eigenvalue weighted by Crippen LogP contribution is -2.58. The predicted molar refractivity (Wildman–Crippen MR) is 122 cm³/mol. The molecule has 6 atom stereocenters. The molecular weight excluding hydrogens is 506 g/mol. The molecule has 0 aromatic heterocycles. The lowest BCUT2D eigenvalue weighted by Gasteiger charge is -2.44. The highest BCUT2D eigenvalue weighted by atomic mass is 19.4. The van der Waals surface area contributed by atoms with Gasteiger partial charge in [0.15, 0.2) is 0 Å². The summed E-state index contributed by atoms with van der Waals surface area (Å²) >= 11 is 0. The Morgan fingerprint density at radius 2 is 1.78 bits per heavy atom. The molecule has 37 heavy (non-hydrogen) atoms. The fraction of sp³-hybridized carbons (Fsp3) is 0.731. The molecule has 0 unspecified atom stereocenters. The number of esters is 1. The highest BCUT2D eigenvalue weighted by Gasteiger charge is 2.71. The first-order chi connectivity index (χ1) is 16.9. The molecular formula is C26H34F6O5. The van der Waals surface area contributed by atoms with Crippen LogP contribution in [0.3, 0.4) is 0 Å². The SMILES string of the molecule is C=C1/C(=C\C=C2/CCC[C@]3(C)[C@@H]([C@H](C)OC(=O)CC(O)(C(F)(F)F)C(F)(F)F)CC[C@@H]23)C[C@@H](O)C[C@@H]1O. The summed E-state index contributed by atoms with van der Waals surface area (Å²) in [7, 11) is 0. The lowest BCUT2D eigenvalue weighted by atomic mass is 9.62. The van der Waals surface area contributed by atoms with Crippen molar-refractivity contribution in [2.75, 3.05) is 0 Å². The molecule has 5 nitrogen and oxygen atoms in total. The number of aliphatic hydroxyl groups excluding tert-OH is 2. The van der Waals surface area contributed by atoms with E-state index in [0.29, 0.717) is 24.8 Å². The van der Waals surface area contributed by atoms with E-state index in [-0.39, 0.29) is 18.3 Å². The van der Waals surface area contributed by atoms with Gasteiger partial charge in [0.1, 0.15) is 6.10 Å². The number of carbonyl (C=O) groups excluding carboxylic acids is 1. The molecule has 0 bridgehead atoms. The number of ether oxygens (including phenoxy) is 1. The Balaban J connectivity index is 1.74. The van der Waals surface area contributed by atoms with Crippen LogP contribution in [0.25, 0.3) is 0 Å². The van der Waals surface area contributed by atoms with Crippen molar-refractivity contribution in [1.82, 2.24) is 0 Å². The zero-order valence-electron chi connectivity index (χ0n) is 20.8. The number of allylic oxidation sites excluding steroid dienone is 3. The quantitative estimate of drug-likeness (QED) is 0.325. The molecule has 0 spiro atoms. The number of halogens is 6. The number of fused-ring (bicyclic) bond motifs is 1. The number of aliphatic hydroxyl groups is 3. The maximum absolute atomic E-state index is 13.0. The van der Waals surface area contributed by atoms with Gasteiger partial charge in [-0.1, -0.05) is 31.2 Å². The molecule has 0 aromatic rings. The Hall–Kier alpha value is -1.85. The van der Waals surface area contributed by atoms with Crippen molar-refractivity contribution in [3.05, 3.63) is 35.5 Å². The van der Waals surface area contributed by atoms with Gasteiger partial charge in [0.05, 0.1) is 18.6 Å². The highest BCUT2D eigenvalue weighted by molar-refractivity contribution is 5.71. The summed E-state index contributed by atoms with van der Waals surface area (Å²) in [6, 6.07) is 0. The molecule has 3 saturated carbocycles. The minimum Gasteiger partial charge on any atom is -0.462 e. The van der Waals surface area contributed by atoms with Crippen molar-refractivity contribution in [3.63, 3.8) is 0 Å². The summed E-state index contributed by atoms with van der Waals surface area (Å²) in [4.78, 5) is 12.2. The van der Waals surface area contributed by atoms with Crippen LogP contribution in [0.2, 0.25) is 0 Å². The summed E-state index contributed by atoms with van der Waals surface area (Å²) in [6.45, 7) is 7.37. The standard InChI is InChI=1S/C26H34F6O5/c1-14-17(11-18(33)12-21(14)34)7-6-16-5-4-10-23(3)19(8-9-20(16)23)15(2)37-22(35)13-24(36,25(27,28)29)26(30,31)32/h6-7,15,18-21,33-34,36H,1,4-5,8-13H2,2-3H3/b16-6+,17-7-/t15-,18+,19+,20-,21-,23+/m0/s1. The van der Waals surface area contributed by atoms with Gasteiger partial charge in [0.2, 0.25) is 0 Å². The molecule has 0 saturated heterocycles. The first-order valence-electron chi connectivity index (χ1n) is 12.4. The van der Waals surface area contributed by atoms with Crippen molar-refractivity contribution in [3.8, 4) is 0 Å². The molecule has 0 aromatic carbocycles. The lowest BCUT2D eigenvalue weighted by molar-refractivity contribution is -0.368. The third-order valence-electron chi connectivity index (χ3n) is 8.52. The molecule has 3 aliphatic rings. The van der Waals surface area contributed by atoms with Crippen molar-refractivity contribution in [1.29, 1.82) is 0 Å². The van der Waals surface area contributed by atoms with Crippen molar-refractivity contribution < 1.29 is 51.2 Å². The Morgan fingerprint density at radius 3 is 2.38 bits per heavy atom. The molecule has 0 radical (unpaired) electrons. The topological polar surface area (TPSA) is 87.0 Å². The van der Waals surface area contributed by atoms with Crippen LogP contribution in [-0.2, 0) is 9.53 Å². The van der Waals surface area contributed by atoms with Crippen LogP contribution in [0.5, 0.6) is 0 Å². The molecule has 0 aliphatic heterocycles. The maximum Gasteiger partial charge on any atom is 0.426 e. The Bertz CT molecular complexity index is 938. The van der Waals surface area contributed by atoms with Gasteiger partial charge < -0.3 is 20.1 Å². The van der Waals surface area contributed by atoms with E-state index in [1.165, 1.54) is 6.92 Å². The van der Waals surface area contributed by atoms with Crippen LogP contribution in [-0.4, -0.2) is 57.6 Å². The van der Waals surface area contributed by atoms with Gasteiger partial charge in [-0.05, 0) is 67.9 Å². The summed E-state index contributed by atoms with van der Waals surface area (Å²) in [5.74, 6) is -1.99. The summed E-state index contributed by atoms with van der Waals surface area (Å²) < 4.78 is 82.9. The summed E-state index contributed by atoms with van der Waals surface area (Å²) in [5, 5.41) is 29.4. The van der Waals surface area contributed by atoms with Crippen LogP contribution in [0, 0.1) is 17.3 Å². The smallest absolute Gasteiger partial charge is 0.426 e. The van der Waals surface area contributed by atoms with Crippen molar-refractivity contribution in [2.45, 2.75) is 101 Å². The monoisotopic (exact) mass is 540 g/mol. The Morgan fingerprint density at radius 1 is 1.16 bits per heavy atom. The number of hydrogen-bond acceptors (Lipinski definition) is 5. The second-order valence-corrected chi connectivity index (χ2v) is 10.9. The zero-order chi connectivity index (χ0) is 28.0. The number of rotatable bonds is 5. The van der Waals surface area contributed by atoms with E-state index >= 15 is 0 Å². The summed E-state index contributed by atoms with van der Waals surface area (Å²) in [6.07, 6.45) is -8.85. The maximum atomic E-state index is 13.0. The first kappa shape index (κ1) is 29.7. The molecule has 210 valence electrons. The van der Waals surface area contributed by atoms with E-state index in [2.05, 4.69) is 6.58 Å². The van der Waals surface area contributed by atoms with Crippen LogP contribution in [0.4, 0.5) is 26.3 Å². The van der Waals surface area contributed by atoms with E-state index < -0.39 is 54.1 Å². The highest BCUT2D eigenvalue weighted by Crippen LogP contribution is 2.59. The second-order valence-electron chi connectivity index (χ2n) is 10.9. The molecule has 3 fully saturated rings. The van der Waals surface area contributed by atoms with Gasteiger partial charge in [-0.25, -0.2) is 0 Å². The van der Waals surface area contributed by atoms with Gasteiger partial charge in [-0.15, -0.1) is 0 Å². The number of carbonyl (C=O) groups is 1. The van der Waals surface area contributed by atoms with Gasteiger partial charge in [-0.2, -0.15) is 26.3 Å². The molecule has 11 heteroatoms. The van der Waals surface area contributed by atoms with Gasteiger partial charge >= 0.3 is 18.3 Å². The fourth-order valence-corrected chi connectivity index (χ4v) is 6.42. The second kappa shape index (κ2) is 10.4. The molecule has 3 aliphatic carbocycles. The van der Waals surface area contributed by atoms with Gasteiger partial charge in [0.25, 0.3) is 5.60 Å². The molecule has 0 heterocycles. The van der Waals surface area contributed by atoms with Crippen molar-refractivity contribution >= 4 is 5.97 Å². The van der Waals surface area contributed by atoms with Gasteiger partial charge in [0, 0.05) is 12.3 Å². The molecule has 3 N–H and O–H groups in total. The van der Waals surface area contributed by atoms with E-state index in [9.17, 15) is 46.5 Å². The Labute approximate surface area is 211 Å². The van der Waals surface area contributed by atoms with E-state index in [1.54, 1.807) is 0 Å². The van der Waals surface area contributed by atoms with E-state index in [1.807, 2.05) is 19.1 Å². The first-order valence-corrected chi connectivity index (χ1v) is 12.4. The predicted octanol–water partition coefficient (Wildman–Crippen LogP) is 5.30.